The van der Waals surface area contributed by atoms with Gasteiger partial charge in [-0.15, -0.1) is 0 Å². The number of hydrazine groups is 1. The summed E-state index contributed by atoms with van der Waals surface area (Å²) < 4.78 is 4.75. The fourth-order valence-electron chi connectivity index (χ4n) is 1.60. The number of nitrogens with two attached hydrogens (primary N) is 1. The first-order valence-electron chi connectivity index (χ1n) is 5.54. The van der Waals surface area contributed by atoms with Crippen molar-refractivity contribution < 1.29 is 9.53 Å². The Balaban J connectivity index is 2.66. The number of anilines is 1. The maximum absolute atomic E-state index is 11.6. The number of carbonyl (C=O) groups is 1. The standard InChI is InChI=1S/C11H10Cl2N4O3/c1-2-20-11(19)17(14)9-5-3-6(12)7(13)4-8(5)15-10(18)16-9/h3-4H,2,14H2,1H3,(H,15,16,18). The Morgan fingerprint density at radius 1 is 1.45 bits per heavy atom. The van der Waals surface area contributed by atoms with E-state index >= 15 is 0 Å². The number of amides is 1. The monoisotopic (exact) mass is 316 g/mol. The molecule has 2 rings (SSSR count). The Labute approximate surface area is 123 Å². The van der Waals surface area contributed by atoms with E-state index in [9.17, 15) is 9.59 Å². The van der Waals surface area contributed by atoms with Crippen molar-refractivity contribution in [2.24, 2.45) is 5.84 Å². The van der Waals surface area contributed by atoms with E-state index in [4.69, 9.17) is 33.8 Å². The van der Waals surface area contributed by atoms with Crippen LogP contribution in [0.4, 0.5) is 10.6 Å². The van der Waals surface area contributed by atoms with Gasteiger partial charge in [-0.3, -0.25) is 0 Å². The van der Waals surface area contributed by atoms with Gasteiger partial charge >= 0.3 is 11.8 Å². The molecule has 3 N–H and O–H groups in total. The van der Waals surface area contributed by atoms with Crippen LogP contribution in [-0.2, 0) is 4.74 Å². The van der Waals surface area contributed by atoms with Crippen molar-refractivity contribution >= 4 is 46.0 Å². The lowest BCUT2D eigenvalue weighted by atomic mass is 10.2. The van der Waals surface area contributed by atoms with Crippen LogP contribution in [0.15, 0.2) is 16.9 Å². The van der Waals surface area contributed by atoms with Gasteiger partial charge in [-0.2, -0.15) is 9.99 Å². The van der Waals surface area contributed by atoms with Crippen LogP contribution in [0.3, 0.4) is 0 Å². The van der Waals surface area contributed by atoms with Gasteiger partial charge in [-0.05, 0) is 19.1 Å². The van der Waals surface area contributed by atoms with Gasteiger partial charge in [0.05, 0.1) is 22.2 Å². The average molecular weight is 317 g/mol. The van der Waals surface area contributed by atoms with Crippen LogP contribution in [0.5, 0.6) is 0 Å². The SMILES string of the molecule is CCOC(=O)N(N)c1nc(=O)[nH]c2cc(Cl)c(Cl)cc12. The zero-order valence-electron chi connectivity index (χ0n) is 10.3. The molecule has 106 valence electrons. The Morgan fingerprint density at radius 2 is 2.10 bits per heavy atom. The van der Waals surface area contributed by atoms with Gasteiger partial charge in [0.15, 0.2) is 5.82 Å². The highest BCUT2D eigenvalue weighted by atomic mass is 35.5. The van der Waals surface area contributed by atoms with E-state index in [2.05, 4.69) is 9.97 Å². The molecule has 1 aromatic heterocycles. The van der Waals surface area contributed by atoms with Gasteiger partial charge in [0.25, 0.3) is 0 Å². The summed E-state index contributed by atoms with van der Waals surface area (Å²) in [6, 6.07) is 2.90. The molecule has 20 heavy (non-hydrogen) atoms. The Bertz CT molecular complexity index is 731. The van der Waals surface area contributed by atoms with Crippen LogP contribution in [0, 0.1) is 0 Å². The number of ether oxygens (including phenoxy) is 1. The number of fused-ring (bicyclic) bond motifs is 1. The lowest BCUT2D eigenvalue weighted by Crippen LogP contribution is -2.39. The molecule has 0 aliphatic carbocycles. The van der Waals surface area contributed by atoms with Crippen LogP contribution < -0.4 is 16.5 Å². The molecule has 1 aromatic carbocycles. The highest BCUT2D eigenvalue weighted by Crippen LogP contribution is 2.30. The van der Waals surface area contributed by atoms with Crippen molar-refractivity contribution in [1.82, 2.24) is 9.97 Å². The molecule has 0 radical (unpaired) electrons. The molecule has 0 fully saturated rings. The minimum Gasteiger partial charge on any atom is -0.448 e. The summed E-state index contributed by atoms with van der Waals surface area (Å²) in [5.41, 5.74) is -0.320. The van der Waals surface area contributed by atoms with Crippen molar-refractivity contribution in [3.8, 4) is 0 Å². The predicted molar refractivity (Wildman–Crippen MR) is 76.1 cm³/mol. The second-order valence-electron chi connectivity index (χ2n) is 3.75. The summed E-state index contributed by atoms with van der Waals surface area (Å²) in [4.78, 5) is 29.3. The van der Waals surface area contributed by atoms with Crippen molar-refractivity contribution in [3.63, 3.8) is 0 Å². The fourth-order valence-corrected chi connectivity index (χ4v) is 1.93. The number of aromatic nitrogens is 2. The van der Waals surface area contributed by atoms with Crippen molar-refractivity contribution in [2.75, 3.05) is 11.6 Å². The molecule has 0 spiro atoms. The number of benzene rings is 1. The first-order valence-corrected chi connectivity index (χ1v) is 6.30. The number of nitrogens with one attached hydrogen (secondary N) is 1. The molecule has 7 nitrogen and oxygen atoms in total. The molecule has 0 saturated heterocycles. The summed E-state index contributed by atoms with van der Waals surface area (Å²) in [6.07, 6.45) is -0.835. The lowest BCUT2D eigenvalue weighted by molar-refractivity contribution is 0.159. The number of rotatable bonds is 2. The molecule has 0 atom stereocenters. The quantitative estimate of drug-likeness (QED) is 0.501. The molecule has 0 saturated carbocycles. The van der Waals surface area contributed by atoms with E-state index in [-0.39, 0.29) is 22.5 Å². The third-order valence-corrected chi connectivity index (χ3v) is 3.17. The lowest BCUT2D eigenvalue weighted by Gasteiger charge is -2.16. The van der Waals surface area contributed by atoms with Gasteiger partial charge < -0.3 is 9.72 Å². The highest BCUT2D eigenvalue weighted by Gasteiger charge is 2.19. The normalized spacial score (nSPS) is 10.6. The zero-order valence-corrected chi connectivity index (χ0v) is 11.8. The summed E-state index contributed by atoms with van der Waals surface area (Å²) in [7, 11) is 0. The molecule has 1 amide bonds. The van der Waals surface area contributed by atoms with Gasteiger partial charge in [0.1, 0.15) is 0 Å². The molecular weight excluding hydrogens is 307 g/mol. The molecular formula is C11H10Cl2N4O3. The number of nitrogens with zero attached hydrogens (tertiary/aromatic N) is 2. The fraction of sp³-hybridized carbons (Fsp3) is 0.182. The van der Waals surface area contributed by atoms with Crippen molar-refractivity contribution in [1.29, 1.82) is 0 Å². The molecule has 2 aromatic rings. The first kappa shape index (κ1) is 14.6. The average Bonchev–Trinajstić information content (AvgIpc) is 2.39. The van der Waals surface area contributed by atoms with Crippen LogP contribution in [0.25, 0.3) is 10.9 Å². The zero-order chi connectivity index (χ0) is 14.9. The van der Waals surface area contributed by atoms with Crippen LogP contribution in [0.1, 0.15) is 6.92 Å². The number of carbonyl (C=O) groups excluding carboxylic acids is 1. The molecule has 0 aliphatic rings. The minimum atomic E-state index is -0.835. The summed E-state index contributed by atoms with van der Waals surface area (Å²) in [6.45, 7) is 1.77. The number of hydrogen-bond acceptors (Lipinski definition) is 5. The minimum absolute atomic E-state index is 0.0687. The smallest absolute Gasteiger partial charge is 0.430 e. The second kappa shape index (κ2) is 5.66. The molecule has 9 heteroatoms. The summed E-state index contributed by atoms with van der Waals surface area (Å²) in [5.74, 6) is 5.55. The van der Waals surface area contributed by atoms with Gasteiger partial charge in [-0.25, -0.2) is 15.4 Å². The van der Waals surface area contributed by atoms with Crippen molar-refractivity contribution in [2.45, 2.75) is 6.92 Å². The van der Waals surface area contributed by atoms with Crippen molar-refractivity contribution in [3.05, 3.63) is 32.7 Å². The topological polar surface area (TPSA) is 101 Å². The molecule has 0 unspecified atom stereocenters. The van der Waals surface area contributed by atoms with E-state index in [0.29, 0.717) is 15.9 Å². The summed E-state index contributed by atoms with van der Waals surface area (Å²) in [5, 5.41) is 1.51. The van der Waals surface area contributed by atoms with Gasteiger partial charge in [0, 0.05) is 5.39 Å². The molecule has 0 aliphatic heterocycles. The summed E-state index contributed by atoms with van der Waals surface area (Å²) >= 11 is 11.8. The van der Waals surface area contributed by atoms with Crippen LogP contribution in [-0.4, -0.2) is 22.7 Å². The van der Waals surface area contributed by atoms with E-state index in [1.54, 1.807) is 6.92 Å². The molecule has 0 bridgehead atoms. The maximum Gasteiger partial charge on any atom is 0.430 e. The van der Waals surface area contributed by atoms with Crippen LogP contribution >= 0.6 is 23.2 Å². The predicted octanol–water partition coefficient (Wildman–Crippen LogP) is 2.07. The number of hydrogen-bond donors (Lipinski definition) is 2. The third-order valence-electron chi connectivity index (χ3n) is 2.44. The molecule has 1 heterocycles. The van der Waals surface area contributed by atoms with Crippen LogP contribution in [0.2, 0.25) is 10.0 Å². The maximum atomic E-state index is 11.6. The van der Waals surface area contributed by atoms with E-state index in [1.165, 1.54) is 12.1 Å². The number of H-pyrrole nitrogens is 1. The Kier molecular flexibility index (Phi) is 4.12. The largest absolute Gasteiger partial charge is 0.448 e. The Hall–Kier alpha value is -1.83. The van der Waals surface area contributed by atoms with E-state index in [0.717, 1.165) is 0 Å². The highest BCUT2D eigenvalue weighted by molar-refractivity contribution is 6.42. The number of aromatic amines is 1. The third kappa shape index (κ3) is 2.69. The second-order valence-corrected chi connectivity index (χ2v) is 4.56. The Morgan fingerprint density at radius 3 is 2.75 bits per heavy atom. The first-order chi connectivity index (χ1) is 9.43. The van der Waals surface area contributed by atoms with E-state index < -0.39 is 11.8 Å². The van der Waals surface area contributed by atoms with E-state index in [1.807, 2.05) is 0 Å². The number of halogens is 2. The van der Waals surface area contributed by atoms with Gasteiger partial charge in [0.2, 0.25) is 0 Å². The van der Waals surface area contributed by atoms with Gasteiger partial charge in [-0.1, -0.05) is 23.2 Å².